The van der Waals surface area contributed by atoms with E-state index in [0.29, 0.717) is 5.54 Å². The smallest absolute Gasteiger partial charge is 0.0432 e. The fourth-order valence-corrected chi connectivity index (χ4v) is 1.60. The van der Waals surface area contributed by atoms with E-state index in [1.165, 1.54) is 32.5 Å². The summed E-state index contributed by atoms with van der Waals surface area (Å²) in [7, 11) is 0. The number of hydrogen-bond acceptors (Lipinski definition) is 2. The Balaban J connectivity index is 0.000000405. The molecule has 0 radical (unpaired) electrons. The zero-order valence-corrected chi connectivity index (χ0v) is 6.54. The Morgan fingerprint density at radius 1 is 1.22 bits per heavy atom. The van der Waals surface area contributed by atoms with Gasteiger partial charge >= 0.3 is 0 Å². The van der Waals surface area contributed by atoms with Crippen molar-refractivity contribution in [3.05, 3.63) is 0 Å². The second kappa shape index (κ2) is 2.48. The molecule has 54 valence electrons. The molecule has 3 heteroatoms. The Hall–Kier alpha value is 0.270. The lowest BCUT2D eigenvalue weighted by molar-refractivity contribution is 0.248. The minimum atomic E-state index is 0. The number of nitrogens with one attached hydrogen (secondary N) is 2. The number of rotatable bonds is 0. The van der Waals surface area contributed by atoms with E-state index < -0.39 is 0 Å². The van der Waals surface area contributed by atoms with E-state index in [1.54, 1.807) is 0 Å². The molecule has 0 bridgehead atoms. The van der Waals surface area contributed by atoms with E-state index in [2.05, 4.69) is 10.6 Å². The van der Waals surface area contributed by atoms with E-state index in [4.69, 9.17) is 0 Å². The van der Waals surface area contributed by atoms with Crippen molar-refractivity contribution in [2.45, 2.75) is 18.4 Å². The average Bonchev–Trinajstić information content (AvgIpc) is 2.07. The van der Waals surface area contributed by atoms with Gasteiger partial charge in [-0.05, 0) is 19.4 Å². The molecule has 0 unspecified atom stereocenters. The molecule has 2 fully saturated rings. The van der Waals surface area contributed by atoms with Crippen molar-refractivity contribution in [2.24, 2.45) is 0 Å². The Bertz CT molecular complexity index is 93.2. The molecule has 0 aromatic rings. The van der Waals surface area contributed by atoms with Crippen LogP contribution in [0.4, 0.5) is 0 Å². The fourth-order valence-electron chi connectivity index (χ4n) is 1.60. The molecule has 2 heterocycles. The summed E-state index contributed by atoms with van der Waals surface area (Å²) >= 11 is 0. The Labute approximate surface area is 62.8 Å². The van der Waals surface area contributed by atoms with Crippen LogP contribution in [0.1, 0.15) is 12.8 Å². The Kier molecular flexibility index (Phi) is 2.03. The summed E-state index contributed by atoms with van der Waals surface area (Å²) in [5.74, 6) is 0. The minimum Gasteiger partial charge on any atom is -0.313 e. The van der Waals surface area contributed by atoms with E-state index in [0.717, 1.165) is 0 Å². The van der Waals surface area contributed by atoms with Crippen LogP contribution in [0.3, 0.4) is 0 Å². The summed E-state index contributed by atoms with van der Waals surface area (Å²) in [6.45, 7) is 3.64. The highest BCUT2D eigenvalue weighted by Crippen LogP contribution is 2.22. The van der Waals surface area contributed by atoms with Crippen molar-refractivity contribution in [1.82, 2.24) is 10.6 Å². The van der Waals surface area contributed by atoms with Crippen LogP contribution in [-0.4, -0.2) is 25.2 Å². The first kappa shape index (κ1) is 7.38. The molecule has 1 spiro atoms. The van der Waals surface area contributed by atoms with Crippen molar-refractivity contribution in [3.63, 3.8) is 0 Å². The maximum Gasteiger partial charge on any atom is 0.0432 e. The van der Waals surface area contributed by atoms with E-state index in [9.17, 15) is 0 Å². The minimum absolute atomic E-state index is 0. The van der Waals surface area contributed by atoms with Crippen molar-refractivity contribution >= 4 is 13.5 Å². The Morgan fingerprint density at radius 2 is 2.00 bits per heavy atom. The van der Waals surface area contributed by atoms with E-state index in [-0.39, 0.29) is 13.5 Å². The lowest BCUT2D eigenvalue weighted by Gasteiger charge is -2.39. The monoisotopic (exact) mass is 146 g/mol. The van der Waals surface area contributed by atoms with Crippen molar-refractivity contribution in [3.8, 4) is 0 Å². The normalized spacial score (nSPS) is 29.3. The number of hydrogen-bond donors (Lipinski definition) is 2. The van der Waals surface area contributed by atoms with Crippen LogP contribution in [0.15, 0.2) is 0 Å². The molecule has 2 aliphatic rings. The molecule has 2 nitrogen and oxygen atoms in total. The summed E-state index contributed by atoms with van der Waals surface area (Å²) in [4.78, 5) is 0. The van der Waals surface area contributed by atoms with Crippen LogP contribution in [0.25, 0.3) is 0 Å². The van der Waals surface area contributed by atoms with Crippen molar-refractivity contribution in [1.29, 1.82) is 0 Å². The summed E-state index contributed by atoms with van der Waals surface area (Å²) in [5, 5.41) is 6.79. The van der Waals surface area contributed by atoms with Gasteiger partial charge in [-0.3, -0.25) is 0 Å². The van der Waals surface area contributed by atoms with Gasteiger partial charge in [0.25, 0.3) is 0 Å². The molecule has 0 aromatic carbocycles. The van der Waals surface area contributed by atoms with Gasteiger partial charge in [0.05, 0.1) is 0 Å². The molecule has 0 aliphatic carbocycles. The van der Waals surface area contributed by atoms with Crippen molar-refractivity contribution in [2.75, 3.05) is 19.6 Å². The van der Waals surface area contributed by atoms with Gasteiger partial charge in [-0.2, -0.15) is 13.5 Å². The zero-order valence-electron chi connectivity index (χ0n) is 5.54. The molecule has 0 amide bonds. The first-order chi connectivity index (χ1) is 3.91. The third kappa shape index (κ3) is 1.09. The van der Waals surface area contributed by atoms with Crippen LogP contribution in [0.5, 0.6) is 0 Å². The molecular weight excluding hydrogens is 132 g/mol. The van der Waals surface area contributed by atoms with E-state index >= 15 is 0 Å². The molecular formula is C6H14N2S. The molecule has 0 saturated carbocycles. The highest BCUT2D eigenvalue weighted by molar-refractivity contribution is 7.59. The lowest BCUT2D eigenvalue weighted by Crippen LogP contribution is -2.64. The first-order valence-corrected chi connectivity index (χ1v) is 3.37. The van der Waals surface area contributed by atoms with Crippen LogP contribution < -0.4 is 10.6 Å². The maximum absolute atomic E-state index is 3.51. The van der Waals surface area contributed by atoms with Gasteiger partial charge in [0, 0.05) is 18.6 Å². The predicted octanol–water partition coefficient (Wildman–Crippen LogP) is -0.175. The first-order valence-electron chi connectivity index (χ1n) is 3.37. The topological polar surface area (TPSA) is 24.1 Å². The quantitative estimate of drug-likeness (QED) is 0.495. The molecule has 2 N–H and O–H groups in total. The third-order valence-corrected chi connectivity index (χ3v) is 2.26. The molecule has 2 saturated heterocycles. The third-order valence-electron chi connectivity index (χ3n) is 2.26. The van der Waals surface area contributed by atoms with Gasteiger partial charge in [-0.25, -0.2) is 0 Å². The average molecular weight is 146 g/mol. The fraction of sp³-hybridized carbons (Fsp3) is 1.00. The standard InChI is InChI=1S/C6H12N2.H2S/c1-2-6(8-3-1)4-7-5-6;/h7-8H,1-5H2;1H2. The molecule has 0 atom stereocenters. The molecule has 2 rings (SSSR count). The predicted molar refractivity (Wildman–Crippen MR) is 43.2 cm³/mol. The van der Waals surface area contributed by atoms with E-state index in [1.807, 2.05) is 0 Å². The maximum atomic E-state index is 3.51. The second-order valence-electron chi connectivity index (χ2n) is 2.91. The van der Waals surface area contributed by atoms with Crippen LogP contribution >= 0.6 is 13.5 Å². The van der Waals surface area contributed by atoms with Gasteiger partial charge in [0.2, 0.25) is 0 Å². The highest BCUT2D eigenvalue weighted by Gasteiger charge is 2.38. The van der Waals surface area contributed by atoms with Gasteiger partial charge in [-0.15, -0.1) is 0 Å². The second-order valence-corrected chi connectivity index (χ2v) is 2.91. The van der Waals surface area contributed by atoms with Gasteiger partial charge in [-0.1, -0.05) is 0 Å². The van der Waals surface area contributed by atoms with Gasteiger partial charge in [0.1, 0.15) is 0 Å². The van der Waals surface area contributed by atoms with Crippen molar-refractivity contribution < 1.29 is 0 Å². The Morgan fingerprint density at radius 3 is 2.22 bits per heavy atom. The summed E-state index contributed by atoms with van der Waals surface area (Å²) in [6, 6.07) is 0. The summed E-state index contributed by atoms with van der Waals surface area (Å²) < 4.78 is 0. The van der Waals surface area contributed by atoms with Crippen LogP contribution in [0, 0.1) is 0 Å². The summed E-state index contributed by atoms with van der Waals surface area (Å²) in [6.07, 6.45) is 2.77. The largest absolute Gasteiger partial charge is 0.313 e. The van der Waals surface area contributed by atoms with Gasteiger partial charge in [0.15, 0.2) is 0 Å². The highest BCUT2D eigenvalue weighted by atomic mass is 32.1. The SMILES string of the molecule is C1CNC2(C1)CNC2.S. The van der Waals surface area contributed by atoms with Gasteiger partial charge < -0.3 is 10.6 Å². The van der Waals surface area contributed by atoms with Crippen LogP contribution in [-0.2, 0) is 0 Å². The molecule has 0 aromatic heterocycles. The lowest BCUT2D eigenvalue weighted by atomic mass is 9.91. The summed E-state index contributed by atoms with van der Waals surface area (Å²) in [5.41, 5.74) is 0.556. The van der Waals surface area contributed by atoms with Crippen LogP contribution in [0.2, 0.25) is 0 Å². The molecule has 2 aliphatic heterocycles. The zero-order chi connectivity index (χ0) is 5.45. The molecule has 9 heavy (non-hydrogen) atoms.